The minimum absolute atomic E-state index is 0.0565. The van der Waals surface area contributed by atoms with Gasteiger partial charge in [-0.05, 0) is 41.5 Å². The number of alkyl carbamates (subject to hydrolysis) is 1. The molecule has 0 aromatic heterocycles. The van der Waals surface area contributed by atoms with E-state index in [1.54, 1.807) is 0 Å². The standard InChI is InChI=1S/C26H30N2O6/c29-18(13-24(30)28-17-7-5-6-16(12-17)25(31)32)14-27-26(33)34-15-23-21-10-3-1-8-19(21)20-9-2-4-11-22(20)23/h1-4,8-11,16-18,23,29H,5-7,12-15H2,(H,27,33)(H,28,30)(H,31,32)/t16-,17+,18?/m1/s1. The van der Waals surface area contributed by atoms with Crippen molar-refractivity contribution >= 4 is 18.0 Å². The van der Waals surface area contributed by atoms with Crippen LogP contribution < -0.4 is 10.6 Å². The molecule has 0 radical (unpaired) electrons. The highest BCUT2D eigenvalue weighted by atomic mass is 16.5. The second kappa shape index (κ2) is 10.7. The van der Waals surface area contributed by atoms with Crippen LogP contribution in [0.2, 0.25) is 0 Å². The number of hydrogen-bond donors (Lipinski definition) is 4. The van der Waals surface area contributed by atoms with E-state index in [0.29, 0.717) is 12.8 Å². The molecule has 0 aliphatic heterocycles. The van der Waals surface area contributed by atoms with Gasteiger partial charge in [-0.25, -0.2) is 4.79 Å². The summed E-state index contributed by atoms with van der Waals surface area (Å²) in [6.45, 7) is 0.0510. The molecule has 2 amide bonds. The summed E-state index contributed by atoms with van der Waals surface area (Å²) in [6, 6.07) is 15.9. The van der Waals surface area contributed by atoms with Gasteiger partial charge in [0.25, 0.3) is 0 Å². The zero-order valence-corrected chi connectivity index (χ0v) is 18.9. The molecule has 1 fully saturated rings. The molecule has 2 aliphatic carbocycles. The minimum Gasteiger partial charge on any atom is -0.481 e. The quantitative estimate of drug-likeness (QED) is 0.474. The maximum Gasteiger partial charge on any atom is 0.407 e. The summed E-state index contributed by atoms with van der Waals surface area (Å²) in [5.41, 5.74) is 4.50. The summed E-state index contributed by atoms with van der Waals surface area (Å²) in [4.78, 5) is 35.6. The Hall–Kier alpha value is -3.39. The smallest absolute Gasteiger partial charge is 0.407 e. The lowest BCUT2D eigenvalue weighted by Crippen LogP contribution is -2.42. The molecular weight excluding hydrogens is 436 g/mol. The van der Waals surface area contributed by atoms with Gasteiger partial charge < -0.3 is 25.6 Å². The normalized spacial score (nSPS) is 20.0. The van der Waals surface area contributed by atoms with Crippen LogP contribution in [0.4, 0.5) is 4.79 Å². The van der Waals surface area contributed by atoms with Crippen LogP contribution in [-0.4, -0.2) is 53.5 Å². The molecule has 3 atom stereocenters. The fourth-order valence-corrected chi connectivity index (χ4v) is 4.97. The molecule has 8 nitrogen and oxygen atoms in total. The zero-order chi connectivity index (χ0) is 24.1. The summed E-state index contributed by atoms with van der Waals surface area (Å²) in [6.07, 6.45) is 0.580. The summed E-state index contributed by atoms with van der Waals surface area (Å²) in [7, 11) is 0. The van der Waals surface area contributed by atoms with Crippen LogP contribution in [0.1, 0.15) is 49.1 Å². The first-order valence-electron chi connectivity index (χ1n) is 11.7. The Bertz CT molecular complexity index is 1010. The molecule has 2 aromatic rings. The molecule has 4 N–H and O–H groups in total. The van der Waals surface area contributed by atoms with Gasteiger partial charge in [0.05, 0.1) is 18.4 Å². The summed E-state index contributed by atoms with van der Waals surface area (Å²) >= 11 is 0. The first kappa shape index (κ1) is 23.8. The van der Waals surface area contributed by atoms with E-state index in [2.05, 4.69) is 22.8 Å². The van der Waals surface area contributed by atoms with E-state index in [1.165, 1.54) is 0 Å². The second-order valence-corrected chi connectivity index (χ2v) is 9.03. The van der Waals surface area contributed by atoms with Gasteiger partial charge in [-0.2, -0.15) is 0 Å². The van der Waals surface area contributed by atoms with Crippen LogP contribution in [0, 0.1) is 5.92 Å². The molecule has 0 heterocycles. The summed E-state index contributed by atoms with van der Waals surface area (Å²) in [5, 5.41) is 24.6. The van der Waals surface area contributed by atoms with Crippen LogP contribution in [-0.2, 0) is 14.3 Å². The van der Waals surface area contributed by atoms with Gasteiger partial charge in [0.2, 0.25) is 5.91 Å². The topological polar surface area (TPSA) is 125 Å². The summed E-state index contributed by atoms with van der Waals surface area (Å²) in [5.74, 6) is -1.71. The molecule has 180 valence electrons. The average Bonchev–Trinajstić information content (AvgIpc) is 3.15. The molecule has 0 saturated heterocycles. The van der Waals surface area contributed by atoms with E-state index in [1.807, 2.05) is 36.4 Å². The van der Waals surface area contributed by atoms with Gasteiger partial charge >= 0.3 is 12.1 Å². The monoisotopic (exact) mass is 466 g/mol. The third-order valence-electron chi connectivity index (χ3n) is 6.64. The first-order chi connectivity index (χ1) is 16.4. The number of carbonyl (C=O) groups excluding carboxylic acids is 2. The Morgan fingerprint density at radius 3 is 2.29 bits per heavy atom. The van der Waals surface area contributed by atoms with Gasteiger partial charge in [-0.3, -0.25) is 9.59 Å². The fraction of sp³-hybridized carbons (Fsp3) is 0.423. The molecule has 0 spiro atoms. The molecule has 2 aromatic carbocycles. The van der Waals surface area contributed by atoms with Gasteiger partial charge in [0, 0.05) is 18.5 Å². The molecule has 2 aliphatic rings. The zero-order valence-electron chi connectivity index (χ0n) is 18.9. The molecule has 0 bridgehead atoms. The van der Waals surface area contributed by atoms with E-state index in [4.69, 9.17) is 9.84 Å². The van der Waals surface area contributed by atoms with E-state index in [9.17, 15) is 19.5 Å². The average molecular weight is 467 g/mol. The third-order valence-corrected chi connectivity index (χ3v) is 6.64. The number of amides is 2. The van der Waals surface area contributed by atoms with Crippen molar-refractivity contribution in [2.75, 3.05) is 13.2 Å². The Balaban J connectivity index is 1.21. The van der Waals surface area contributed by atoms with Crippen molar-refractivity contribution in [3.63, 3.8) is 0 Å². The Morgan fingerprint density at radius 2 is 1.65 bits per heavy atom. The Labute approximate surface area is 198 Å². The van der Waals surface area contributed by atoms with E-state index >= 15 is 0 Å². The first-order valence-corrected chi connectivity index (χ1v) is 11.7. The lowest BCUT2D eigenvalue weighted by atomic mass is 9.85. The van der Waals surface area contributed by atoms with Crippen LogP contribution in [0.25, 0.3) is 11.1 Å². The number of hydrogen-bond acceptors (Lipinski definition) is 5. The number of carboxylic acid groups (broad SMARTS) is 1. The number of fused-ring (bicyclic) bond motifs is 3. The van der Waals surface area contributed by atoms with Crippen LogP contribution >= 0.6 is 0 Å². The van der Waals surface area contributed by atoms with Crippen molar-refractivity contribution in [2.24, 2.45) is 5.92 Å². The third kappa shape index (κ3) is 5.56. The van der Waals surface area contributed by atoms with Gasteiger partial charge in [-0.1, -0.05) is 55.0 Å². The largest absolute Gasteiger partial charge is 0.481 e. The Morgan fingerprint density at radius 1 is 1.00 bits per heavy atom. The molecule has 1 saturated carbocycles. The Kier molecular flexibility index (Phi) is 7.47. The highest BCUT2D eigenvalue weighted by Gasteiger charge is 2.30. The van der Waals surface area contributed by atoms with Gasteiger partial charge in [0.1, 0.15) is 6.61 Å². The predicted octanol–water partition coefficient (Wildman–Crippen LogP) is 3.04. The van der Waals surface area contributed by atoms with Crippen molar-refractivity contribution < 1.29 is 29.3 Å². The van der Waals surface area contributed by atoms with Crippen LogP contribution in [0.3, 0.4) is 0 Å². The maximum atomic E-state index is 12.2. The van der Waals surface area contributed by atoms with E-state index in [0.717, 1.165) is 35.1 Å². The highest BCUT2D eigenvalue weighted by Crippen LogP contribution is 2.44. The number of carboxylic acids is 1. The highest BCUT2D eigenvalue weighted by molar-refractivity contribution is 5.79. The number of aliphatic hydroxyl groups is 1. The number of ether oxygens (including phenoxy) is 1. The number of aliphatic carboxylic acids is 1. The minimum atomic E-state index is -1.07. The molecule has 4 rings (SSSR count). The molecule has 8 heteroatoms. The van der Waals surface area contributed by atoms with Crippen molar-refractivity contribution in [3.8, 4) is 11.1 Å². The van der Waals surface area contributed by atoms with E-state index < -0.39 is 24.1 Å². The lowest BCUT2D eigenvalue weighted by molar-refractivity contribution is -0.143. The number of rotatable bonds is 8. The molecule has 34 heavy (non-hydrogen) atoms. The molecular formula is C26H30N2O6. The van der Waals surface area contributed by atoms with Crippen LogP contribution in [0.15, 0.2) is 48.5 Å². The maximum absolute atomic E-state index is 12.2. The fourth-order valence-electron chi connectivity index (χ4n) is 4.97. The lowest BCUT2D eigenvalue weighted by Gasteiger charge is -2.27. The van der Waals surface area contributed by atoms with Crippen LogP contribution in [0.5, 0.6) is 0 Å². The number of aliphatic hydroxyl groups excluding tert-OH is 1. The number of carbonyl (C=O) groups is 3. The van der Waals surface area contributed by atoms with E-state index in [-0.39, 0.29) is 37.4 Å². The van der Waals surface area contributed by atoms with Gasteiger partial charge in [-0.15, -0.1) is 0 Å². The van der Waals surface area contributed by atoms with Crippen molar-refractivity contribution in [1.82, 2.24) is 10.6 Å². The van der Waals surface area contributed by atoms with Crippen molar-refractivity contribution in [3.05, 3.63) is 59.7 Å². The predicted molar refractivity (Wildman–Crippen MR) is 125 cm³/mol. The number of benzene rings is 2. The summed E-state index contributed by atoms with van der Waals surface area (Å²) < 4.78 is 5.43. The van der Waals surface area contributed by atoms with Gasteiger partial charge in [0.15, 0.2) is 0 Å². The van der Waals surface area contributed by atoms with Crippen molar-refractivity contribution in [1.29, 1.82) is 0 Å². The molecule has 1 unspecified atom stereocenters. The number of nitrogens with one attached hydrogen (secondary N) is 2. The SMILES string of the molecule is O=C(CC(O)CNC(=O)OCC1c2ccccc2-c2ccccc21)N[C@H]1CCC[C@@H](C(=O)O)C1. The second-order valence-electron chi connectivity index (χ2n) is 9.03. The van der Waals surface area contributed by atoms with Crippen molar-refractivity contribution in [2.45, 2.75) is 50.2 Å².